The Balaban J connectivity index is 1.64. The van der Waals surface area contributed by atoms with Crippen LogP contribution in [0.5, 0.6) is 5.88 Å². The van der Waals surface area contributed by atoms with Gasteiger partial charge in [0.2, 0.25) is 5.88 Å². The fourth-order valence-electron chi connectivity index (χ4n) is 3.07. The smallest absolute Gasteiger partial charge is 0.215 e. The first-order chi connectivity index (χ1) is 8.69. The lowest BCUT2D eigenvalue weighted by atomic mass is 9.66. The van der Waals surface area contributed by atoms with Crippen molar-refractivity contribution in [3.8, 4) is 11.9 Å². The molecule has 0 unspecified atom stereocenters. The van der Waals surface area contributed by atoms with Crippen LogP contribution >= 0.6 is 0 Å². The first-order valence-electron chi connectivity index (χ1n) is 6.45. The van der Waals surface area contributed by atoms with Gasteiger partial charge in [0, 0.05) is 18.3 Å². The van der Waals surface area contributed by atoms with Crippen molar-refractivity contribution in [2.45, 2.75) is 32.3 Å². The van der Waals surface area contributed by atoms with Gasteiger partial charge in [0.05, 0.1) is 11.6 Å². The normalized spacial score (nSPS) is 29.9. The summed E-state index contributed by atoms with van der Waals surface area (Å²) in [5, 5.41) is 12.3. The molecule has 0 aromatic carbocycles. The van der Waals surface area contributed by atoms with Crippen LogP contribution in [0, 0.1) is 23.7 Å². The van der Waals surface area contributed by atoms with E-state index in [4.69, 9.17) is 10.00 Å². The topological polar surface area (TPSA) is 57.9 Å². The molecular formula is C14H17N3O. The van der Waals surface area contributed by atoms with Crippen molar-refractivity contribution in [1.29, 1.82) is 5.26 Å². The molecule has 1 spiro atoms. The van der Waals surface area contributed by atoms with Gasteiger partial charge in [0.25, 0.3) is 0 Å². The molecule has 4 nitrogen and oxygen atoms in total. The summed E-state index contributed by atoms with van der Waals surface area (Å²) in [6.07, 6.45) is 3.75. The van der Waals surface area contributed by atoms with Crippen LogP contribution in [-0.2, 0) is 0 Å². The second-order valence-corrected chi connectivity index (χ2v) is 5.52. The molecule has 2 fully saturated rings. The second kappa shape index (κ2) is 4.25. The first-order valence-corrected chi connectivity index (χ1v) is 6.45. The van der Waals surface area contributed by atoms with E-state index < -0.39 is 0 Å². The average molecular weight is 243 g/mol. The van der Waals surface area contributed by atoms with Crippen LogP contribution in [0.15, 0.2) is 12.1 Å². The van der Waals surface area contributed by atoms with E-state index in [1.165, 1.54) is 6.42 Å². The summed E-state index contributed by atoms with van der Waals surface area (Å²) >= 11 is 0. The molecule has 1 aromatic rings. The van der Waals surface area contributed by atoms with E-state index in [0.29, 0.717) is 16.9 Å². The summed E-state index contributed by atoms with van der Waals surface area (Å²) < 4.78 is 5.87. The van der Waals surface area contributed by atoms with Crippen LogP contribution in [-0.4, -0.2) is 24.2 Å². The van der Waals surface area contributed by atoms with Crippen LogP contribution in [0.1, 0.15) is 30.5 Å². The van der Waals surface area contributed by atoms with Crippen molar-refractivity contribution in [3.63, 3.8) is 0 Å². The second-order valence-electron chi connectivity index (χ2n) is 5.52. The monoisotopic (exact) mass is 243 g/mol. The Kier molecular flexibility index (Phi) is 2.71. The van der Waals surface area contributed by atoms with Crippen molar-refractivity contribution in [2.75, 3.05) is 13.1 Å². The number of ether oxygens (including phenoxy) is 1. The molecule has 94 valence electrons. The van der Waals surface area contributed by atoms with Gasteiger partial charge in [-0.25, -0.2) is 4.98 Å². The SMILES string of the molecule is Cc1cc(C#N)cc(OC2CC3(CCNC3)C2)n1. The molecule has 1 aliphatic carbocycles. The van der Waals surface area contributed by atoms with Gasteiger partial charge in [0.15, 0.2) is 0 Å². The lowest BCUT2D eigenvalue weighted by Gasteiger charge is -2.44. The number of rotatable bonds is 2. The minimum atomic E-state index is 0.269. The maximum atomic E-state index is 8.92. The Morgan fingerprint density at radius 3 is 3.00 bits per heavy atom. The third kappa shape index (κ3) is 2.06. The van der Waals surface area contributed by atoms with Gasteiger partial charge in [-0.1, -0.05) is 0 Å². The molecule has 0 radical (unpaired) electrons. The highest BCUT2D eigenvalue weighted by Gasteiger charge is 2.47. The Morgan fingerprint density at radius 2 is 2.33 bits per heavy atom. The van der Waals surface area contributed by atoms with Crippen LogP contribution in [0.4, 0.5) is 0 Å². The molecule has 1 aromatic heterocycles. The fourth-order valence-corrected chi connectivity index (χ4v) is 3.07. The predicted octanol–water partition coefficient (Wildman–Crippen LogP) is 1.78. The van der Waals surface area contributed by atoms with Crippen LogP contribution in [0.2, 0.25) is 0 Å². The molecule has 2 heterocycles. The molecule has 0 atom stereocenters. The highest BCUT2D eigenvalue weighted by Crippen LogP contribution is 2.47. The Bertz CT molecular complexity index is 492. The first kappa shape index (κ1) is 11.5. The lowest BCUT2D eigenvalue weighted by Crippen LogP contribution is -2.45. The van der Waals surface area contributed by atoms with E-state index in [1.807, 2.05) is 6.92 Å². The highest BCUT2D eigenvalue weighted by molar-refractivity contribution is 5.34. The number of hydrogen-bond donors (Lipinski definition) is 1. The molecule has 1 aliphatic heterocycles. The number of aryl methyl sites for hydroxylation is 1. The van der Waals surface area contributed by atoms with Gasteiger partial charge >= 0.3 is 0 Å². The average Bonchev–Trinajstić information content (AvgIpc) is 2.77. The highest BCUT2D eigenvalue weighted by atomic mass is 16.5. The number of nitriles is 1. The molecule has 1 saturated carbocycles. The summed E-state index contributed by atoms with van der Waals surface area (Å²) in [6.45, 7) is 4.14. The minimum absolute atomic E-state index is 0.269. The Labute approximate surface area is 107 Å². The maximum absolute atomic E-state index is 8.92. The predicted molar refractivity (Wildman–Crippen MR) is 67.3 cm³/mol. The van der Waals surface area contributed by atoms with E-state index in [2.05, 4.69) is 16.4 Å². The van der Waals surface area contributed by atoms with Crippen molar-refractivity contribution in [1.82, 2.24) is 10.3 Å². The van der Waals surface area contributed by atoms with Crippen LogP contribution in [0.3, 0.4) is 0 Å². The number of nitrogens with one attached hydrogen (secondary N) is 1. The largest absolute Gasteiger partial charge is 0.474 e. The number of nitrogens with zero attached hydrogens (tertiary/aromatic N) is 2. The van der Waals surface area contributed by atoms with Gasteiger partial charge in [-0.2, -0.15) is 5.26 Å². The Hall–Kier alpha value is -1.60. The van der Waals surface area contributed by atoms with Crippen molar-refractivity contribution < 1.29 is 4.74 Å². The zero-order valence-electron chi connectivity index (χ0n) is 10.6. The van der Waals surface area contributed by atoms with E-state index in [9.17, 15) is 0 Å². The molecule has 0 bridgehead atoms. The number of aromatic nitrogens is 1. The quantitative estimate of drug-likeness (QED) is 0.860. The molecule has 4 heteroatoms. The van der Waals surface area contributed by atoms with E-state index in [-0.39, 0.29) is 6.10 Å². The summed E-state index contributed by atoms with van der Waals surface area (Å²) in [5.74, 6) is 0.595. The van der Waals surface area contributed by atoms with Gasteiger partial charge < -0.3 is 10.1 Å². The third-order valence-corrected chi connectivity index (χ3v) is 4.00. The molecule has 1 N–H and O–H groups in total. The van der Waals surface area contributed by atoms with Gasteiger partial charge in [0.1, 0.15) is 6.10 Å². The summed E-state index contributed by atoms with van der Waals surface area (Å²) in [7, 11) is 0. The van der Waals surface area contributed by atoms with Crippen molar-refractivity contribution in [2.24, 2.45) is 5.41 Å². The van der Waals surface area contributed by atoms with E-state index in [0.717, 1.165) is 31.6 Å². The van der Waals surface area contributed by atoms with Crippen LogP contribution < -0.4 is 10.1 Å². The molecule has 2 aliphatic rings. The van der Waals surface area contributed by atoms with Crippen LogP contribution in [0.25, 0.3) is 0 Å². The molecule has 1 saturated heterocycles. The zero-order chi connectivity index (χ0) is 12.6. The Morgan fingerprint density at radius 1 is 1.50 bits per heavy atom. The lowest BCUT2D eigenvalue weighted by molar-refractivity contribution is -0.00391. The molecule has 18 heavy (non-hydrogen) atoms. The number of pyridine rings is 1. The van der Waals surface area contributed by atoms with Gasteiger partial charge in [-0.05, 0) is 44.2 Å². The fraction of sp³-hybridized carbons (Fsp3) is 0.571. The van der Waals surface area contributed by atoms with E-state index >= 15 is 0 Å². The maximum Gasteiger partial charge on any atom is 0.215 e. The molecule has 3 rings (SSSR count). The van der Waals surface area contributed by atoms with Gasteiger partial charge in [-0.15, -0.1) is 0 Å². The minimum Gasteiger partial charge on any atom is -0.474 e. The zero-order valence-corrected chi connectivity index (χ0v) is 10.6. The number of hydrogen-bond acceptors (Lipinski definition) is 4. The van der Waals surface area contributed by atoms with Gasteiger partial charge in [-0.3, -0.25) is 0 Å². The third-order valence-electron chi connectivity index (χ3n) is 4.00. The van der Waals surface area contributed by atoms with Crippen molar-refractivity contribution in [3.05, 3.63) is 23.4 Å². The summed E-state index contributed by atoms with van der Waals surface area (Å²) in [6, 6.07) is 5.64. The molecular weight excluding hydrogens is 226 g/mol. The van der Waals surface area contributed by atoms with Crippen molar-refractivity contribution >= 4 is 0 Å². The summed E-state index contributed by atoms with van der Waals surface area (Å²) in [4.78, 5) is 4.33. The standard InChI is InChI=1S/C14H17N3O/c1-10-4-11(8-15)5-13(17-10)18-12-6-14(7-12)2-3-16-9-14/h4-5,12,16H,2-3,6-7,9H2,1H3. The van der Waals surface area contributed by atoms with E-state index in [1.54, 1.807) is 12.1 Å². The molecule has 0 amide bonds. The summed E-state index contributed by atoms with van der Waals surface area (Å²) in [5.41, 5.74) is 1.93.